The highest BCUT2D eigenvalue weighted by Gasteiger charge is 2.33. The molecule has 7 heteroatoms. The fourth-order valence-corrected chi connectivity index (χ4v) is 3.08. The monoisotopic (exact) mass is 319 g/mol. The van der Waals surface area contributed by atoms with Gasteiger partial charge < -0.3 is 10.5 Å². The Labute approximate surface area is 134 Å². The molecule has 1 amide bonds. The van der Waals surface area contributed by atoms with Crippen molar-refractivity contribution in [2.45, 2.75) is 31.8 Å². The summed E-state index contributed by atoms with van der Waals surface area (Å²) in [6.07, 6.45) is 3.33. The molecule has 1 saturated heterocycles. The molecule has 1 aromatic carbocycles. The largest absolute Gasteiger partial charge is 0.381 e. The van der Waals surface area contributed by atoms with Gasteiger partial charge in [-0.1, -0.05) is 6.07 Å². The minimum atomic E-state index is -0.651. The fourth-order valence-electron chi connectivity index (χ4n) is 3.08. The van der Waals surface area contributed by atoms with Gasteiger partial charge in [0.05, 0.1) is 11.5 Å². The maximum atomic E-state index is 11.3. The average molecular weight is 319 g/mol. The summed E-state index contributed by atoms with van der Waals surface area (Å²) in [6, 6.07) is 5.00. The smallest absolute Gasteiger partial charge is 0.274 e. The fraction of sp³-hybridized carbons (Fsp3) is 0.562. The van der Waals surface area contributed by atoms with Crippen molar-refractivity contribution in [1.29, 1.82) is 0 Å². The van der Waals surface area contributed by atoms with Gasteiger partial charge in [-0.15, -0.1) is 0 Å². The number of nitro groups is 1. The van der Waals surface area contributed by atoms with Crippen LogP contribution < -0.4 is 5.73 Å². The van der Waals surface area contributed by atoms with Crippen LogP contribution in [0.4, 0.5) is 5.69 Å². The van der Waals surface area contributed by atoms with E-state index >= 15 is 0 Å². The number of amides is 1. The molecule has 23 heavy (non-hydrogen) atoms. The molecule has 3 rings (SSSR count). The van der Waals surface area contributed by atoms with Crippen molar-refractivity contribution in [3.8, 4) is 0 Å². The minimum absolute atomic E-state index is 0.0328. The van der Waals surface area contributed by atoms with Crippen molar-refractivity contribution >= 4 is 11.6 Å². The standard InChI is InChI=1S/C16H21N3O4/c17-16(20)12-1-2-13(15(7-12)19(21)22)9-18(14-3-4-14)8-11-5-6-23-10-11/h1-2,7,11,14H,3-6,8-10H2,(H2,17,20)/t11-/m1/s1. The van der Waals surface area contributed by atoms with E-state index in [0.29, 0.717) is 24.1 Å². The van der Waals surface area contributed by atoms with Gasteiger partial charge in [-0.05, 0) is 31.2 Å². The molecule has 2 N–H and O–H groups in total. The van der Waals surface area contributed by atoms with Crippen LogP contribution in [0, 0.1) is 16.0 Å². The number of carbonyl (C=O) groups excluding carboxylic acids is 1. The van der Waals surface area contributed by atoms with E-state index in [1.807, 2.05) is 0 Å². The molecule has 2 aliphatic rings. The van der Waals surface area contributed by atoms with Gasteiger partial charge in [0.2, 0.25) is 5.91 Å². The molecule has 1 atom stereocenters. The number of nitrogens with two attached hydrogens (primary N) is 1. The Morgan fingerprint density at radius 1 is 1.39 bits per heavy atom. The van der Waals surface area contributed by atoms with E-state index in [9.17, 15) is 14.9 Å². The van der Waals surface area contributed by atoms with Crippen LogP contribution in [0.1, 0.15) is 35.2 Å². The van der Waals surface area contributed by atoms with Crippen LogP contribution in [0.25, 0.3) is 0 Å². The summed E-state index contributed by atoms with van der Waals surface area (Å²) in [5.41, 5.74) is 5.98. The van der Waals surface area contributed by atoms with E-state index in [1.165, 1.54) is 6.07 Å². The van der Waals surface area contributed by atoms with Gasteiger partial charge in [-0.25, -0.2) is 0 Å². The summed E-state index contributed by atoms with van der Waals surface area (Å²) in [5, 5.41) is 11.3. The Morgan fingerprint density at radius 2 is 2.17 bits per heavy atom. The minimum Gasteiger partial charge on any atom is -0.381 e. The molecule has 0 spiro atoms. The third-order valence-electron chi connectivity index (χ3n) is 4.52. The van der Waals surface area contributed by atoms with Crippen molar-refractivity contribution in [3.63, 3.8) is 0 Å². The SMILES string of the molecule is NC(=O)c1ccc(CN(C[C@H]2CCOC2)C2CC2)c([N+](=O)[O-])c1. The number of benzene rings is 1. The molecule has 1 saturated carbocycles. The van der Waals surface area contributed by atoms with E-state index in [1.54, 1.807) is 12.1 Å². The van der Waals surface area contributed by atoms with E-state index in [0.717, 1.165) is 39.0 Å². The van der Waals surface area contributed by atoms with Gasteiger partial charge in [0.1, 0.15) is 0 Å². The van der Waals surface area contributed by atoms with Crippen LogP contribution in [-0.4, -0.2) is 41.5 Å². The number of primary amides is 1. The lowest BCUT2D eigenvalue weighted by molar-refractivity contribution is -0.385. The van der Waals surface area contributed by atoms with Crippen LogP contribution >= 0.6 is 0 Å². The van der Waals surface area contributed by atoms with Crippen LogP contribution in [0.15, 0.2) is 18.2 Å². The first-order valence-electron chi connectivity index (χ1n) is 7.93. The summed E-state index contributed by atoms with van der Waals surface area (Å²) in [4.78, 5) is 24.4. The second kappa shape index (κ2) is 6.64. The van der Waals surface area contributed by atoms with Gasteiger partial charge in [0.25, 0.3) is 5.69 Å². The maximum absolute atomic E-state index is 11.3. The first kappa shape index (κ1) is 15.9. The van der Waals surface area contributed by atoms with Crippen molar-refractivity contribution in [3.05, 3.63) is 39.4 Å². The Morgan fingerprint density at radius 3 is 2.74 bits per heavy atom. The molecule has 7 nitrogen and oxygen atoms in total. The molecule has 124 valence electrons. The van der Waals surface area contributed by atoms with Crippen molar-refractivity contribution < 1.29 is 14.5 Å². The molecule has 1 aliphatic heterocycles. The number of hydrogen-bond acceptors (Lipinski definition) is 5. The first-order valence-corrected chi connectivity index (χ1v) is 7.93. The Balaban J connectivity index is 1.78. The van der Waals surface area contributed by atoms with Crippen molar-refractivity contribution in [2.24, 2.45) is 11.7 Å². The van der Waals surface area contributed by atoms with Crippen LogP contribution in [0.2, 0.25) is 0 Å². The quantitative estimate of drug-likeness (QED) is 0.609. The molecule has 1 aliphatic carbocycles. The Bertz CT molecular complexity index is 609. The predicted molar refractivity (Wildman–Crippen MR) is 84.0 cm³/mol. The maximum Gasteiger partial charge on any atom is 0.274 e. The highest BCUT2D eigenvalue weighted by molar-refractivity contribution is 5.93. The zero-order chi connectivity index (χ0) is 16.4. The Hall–Kier alpha value is -1.99. The van der Waals surface area contributed by atoms with E-state index in [2.05, 4.69) is 4.90 Å². The third kappa shape index (κ3) is 3.86. The van der Waals surface area contributed by atoms with E-state index in [4.69, 9.17) is 10.5 Å². The molecule has 1 heterocycles. The zero-order valence-corrected chi connectivity index (χ0v) is 12.9. The highest BCUT2D eigenvalue weighted by Crippen LogP contribution is 2.32. The number of hydrogen-bond donors (Lipinski definition) is 1. The Kier molecular flexibility index (Phi) is 4.58. The van der Waals surface area contributed by atoms with Crippen LogP contribution in [-0.2, 0) is 11.3 Å². The van der Waals surface area contributed by atoms with Crippen LogP contribution in [0.3, 0.4) is 0 Å². The number of nitro benzene ring substituents is 1. The third-order valence-corrected chi connectivity index (χ3v) is 4.52. The lowest BCUT2D eigenvalue weighted by Crippen LogP contribution is -2.31. The lowest BCUT2D eigenvalue weighted by atomic mass is 10.1. The van der Waals surface area contributed by atoms with Gasteiger partial charge >= 0.3 is 0 Å². The van der Waals surface area contributed by atoms with Crippen molar-refractivity contribution in [1.82, 2.24) is 4.90 Å². The van der Waals surface area contributed by atoms with Gasteiger partial charge in [-0.2, -0.15) is 0 Å². The number of ether oxygens (including phenoxy) is 1. The summed E-state index contributed by atoms with van der Waals surface area (Å²) in [5.74, 6) is -0.152. The molecule has 2 fully saturated rings. The van der Waals surface area contributed by atoms with Gasteiger partial charge in [0, 0.05) is 42.9 Å². The highest BCUT2D eigenvalue weighted by atomic mass is 16.6. The average Bonchev–Trinajstić information content (AvgIpc) is 3.24. The van der Waals surface area contributed by atoms with E-state index < -0.39 is 10.8 Å². The summed E-state index contributed by atoms with van der Waals surface area (Å²) >= 11 is 0. The van der Waals surface area contributed by atoms with Gasteiger partial charge in [0.15, 0.2) is 0 Å². The van der Waals surface area contributed by atoms with Crippen LogP contribution in [0.5, 0.6) is 0 Å². The summed E-state index contributed by atoms with van der Waals surface area (Å²) < 4.78 is 5.43. The molecule has 0 unspecified atom stereocenters. The molecule has 0 radical (unpaired) electrons. The number of carbonyl (C=O) groups is 1. The van der Waals surface area contributed by atoms with Crippen molar-refractivity contribution in [2.75, 3.05) is 19.8 Å². The lowest BCUT2D eigenvalue weighted by Gasteiger charge is -2.24. The second-order valence-corrected chi connectivity index (χ2v) is 6.36. The number of rotatable bonds is 7. The zero-order valence-electron chi connectivity index (χ0n) is 12.9. The second-order valence-electron chi connectivity index (χ2n) is 6.36. The molecule has 0 aromatic heterocycles. The predicted octanol–water partition coefficient (Wildman–Crippen LogP) is 1.69. The van der Waals surface area contributed by atoms with E-state index in [-0.39, 0.29) is 11.3 Å². The topological polar surface area (TPSA) is 98.7 Å². The normalized spacial score (nSPS) is 20.8. The molecular formula is C16H21N3O4. The number of nitrogens with zero attached hydrogens (tertiary/aromatic N) is 2. The summed E-state index contributed by atoms with van der Waals surface area (Å²) in [6.45, 7) is 3.00. The van der Waals surface area contributed by atoms with Gasteiger partial charge in [-0.3, -0.25) is 19.8 Å². The molecular weight excluding hydrogens is 298 g/mol. The first-order chi connectivity index (χ1) is 11.0. The molecule has 0 bridgehead atoms. The molecule has 1 aromatic rings. The summed E-state index contributed by atoms with van der Waals surface area (Å²) in [7, 11) is 0.